The van der Waals surface area contributed by atoms with Gasteiger partial charge < -0.3 is 5.32 Å². The third-order valence-corrected chi connectivity index (χ3v) is 2.60. The van der Waals surface area contributed by atoms with Crippen LogP contribution in [0.1, 0.15) is 20.3 Å². The number of anilines is 1. The van der Waals surface area contributed by atoms with E-state index in [1.807, 2.05) is 6.07 Å². The van der Waals surface area contributed by atoms with Crippen LogP contribution >= 0.6 is 0 Å². The Morgan fingerprint density at radius 1 is 1.56 bits per heavy atom. The number of nitrogens with one attached hydrogen (secondary N) is 2. The Hall–Kier alpha value is -1.85. The van der Waals surface area contributed by atoms with Crippen molar-refractivity contribution < 1.29 is 0 Å². The van der Waals surface area contributed by atoms with Crippen molar-refractivity contribution in [1.29, 1.82) is 0 Å². The Morgan fingerprint density at radius 2 is 2.38 bits per heavy atom. The summed E-state index contributed by atoms with van der Waals surface area (Å²) < 4.78 is 1.25. The van der Waals surface area contributed by atoms with Gasteiger partial charge in [0.1, 0.15) is 5.82 Å². The van der Waals surface area contributed by atoms with Gasteiger partial charge in [-0.15, -0.1) is 5.10 Å². The topological polar surface area (TPSA) is 75.1 Å². The zero-order chi connectivity index (χ0) is 11.5. The van der Waals surface area contributed by atoms with Crippen molar-refractivity contribution in [2.24, 2.45) is 5.92 Å². The number of H-pyrrole nitrogens is 1. The molecule has 1 atom stereocenters. The van der Waals surface area contributed by atoms with Crippen molar-refractivity contribution in [3.8, 4) is 0 Å². The van der Waals surface area contributed by atoms with E-state index in [2.05, 4.69) is 34.5 Å². The van der Waals surface area contributed by atoms with E-state index >= 15 is 0 Å². The highest BCUT2D eigenvalue weighted by Gasteiger charge is 2.03. The molecule has 0 aliphatic heterocycles. The molecule has 2 N–H and O–H groups in total. The van der Waals surface area contributed by atoms with Crippen LogP contribution in [-0.2, 0) is 0 Å². The number of hydrogen-bond donors (Lipinski definition) is 2. The molecule has 2 heterocycles. The van der Waals surface area contributed by atoms with Crippen LogP contribution in [0.15, 0.2) is 16.9 Å². The highest BCUT2D eigenvalue weighted by Crippen LogP contribution is 2.05. The maximum atomic E-state index is 11.3. The van der Waals surface area contributed by atoms with Crippen LogP contribution in [0.5, 0.6) is 0 Å². The SMILES string of the molecule is CCC(C)CNc1ccc2n[nH]c(=O)n2n1. The van der Waals surface area contributed by atoms with E-state index < -0.39 is 0 Å². The number of aromatic nitrogens is 4. The molecule has 0 amide bonds. The van der Waals surface area contributed by atoms with Gasteiger partial charge in [0.05, 0.1) is 0 Å². The van der Waals surface area contributed by atoms with Crippen LogP contribution in [0.3, 0.4) is 0 Å². The van der Waals surface area contributed by atoms with E-state index in [0.717, 1.165) is 13.0 Å². The fourth-order valence-corrected chi connectivity index (χ4v) is 1.32. The molecule has 0 aromatic carbocycles. The number of hydrogen-bond acceptors (Lipinski definition) is 4. The van der Waals surface area contributed by atoms with Gasteiger partial charge in [0.25, 0.3) is 0 Å². The molecule has 86 valence electrons. The van der Waals surface area contributed by atoms with E-state index in [4.69, 9.17) is 0 Å². The number of rotatable bonds is 4. The van der Waals surface area contributed by atoms with Crippen molar-refractivity contribution in [3.05, 3.63) is 22.6 Å². The van der Waals surface area contributed by atoms with Crippen LogP contribution in [0, 0.1) is 5.92 Å². The Bertz CT molecular complexity index is 529. The molecule has 6 nitrogen and oxygen atoms in total. The van der Waals surface area contributed by atoms with Gasteiger partial charge in [-0.1, -0.05) is 20.3 Å². The standard InChI is InChI=1S/C10H15N5O/c1-3-7(2)6-11-8-4-5-9-12-13-10(16)15(9)14-8/h4-5,7H,3,6H2,1-2H3,(H,11,14)(H,13,16). The van der Waals surface area contributed by atoms with E-state index in [0.29, 0.717) is 17.4 Å². The van der Waals surface area contributed by atoms with Crippen molar-refractivity contribution in [1.82, 2.24) is 19.8 Å². The van der Waals surface area contributed by atoms with Gasteiger partial charge in [-0.2, -0.15) is 9.61 Å². The molecule has 0 fully saturated rings. The third-order valence-electron chi connectivity index (χ3n) is 2.60. The molecular formula is C10H15N5O. The number of aromatic amines is 1. The monoisotopic (exact) mass is 221 g/mol. The molecular weight excluding hydrogens is 206 g/mol. The summed E-state index contributed by atoms with van der Waals surface area (Å²) in [5, 5.41) is 13.5. The first kappa shape index (κ1) is 10.7. The summed E-state index contributed by atoms with van der Waals surface area (Å²) in [6.07, 6.45) is 1.11. The summed E-state index contributed by atoms with van der Waals surface area (Å²) in [7, 11) is 0. The molecule has 0 aliphatic rings. The van der Waals surface area contributed by atoms with Crippen molar-refractivity contribution in [2.75, 3.05) is 11.9 Å². The largest absolute Gasteiger partial charge is 0.368 e. The lowest BCUT2D eigenvalue weighted by Crippen LogP contribution is -2.16. The molecule has 2 aromatic rings. The Kier molecular flexibility index (Phi) is 2.89. The Balaban J connectivity index is 2.19. The van der Waals surface area contributed by atoms with Gasteiger partial charge in [-0.05, 0) is 18.1 Å². The van der Waals surface area contributed by atoms with Gasteiger partial charge >= 0.3 is 5.69 Å². The molecule has 0 aliphatic carbocycles. The molecule has 0 saturated heterocycles. The predicted octanol–water partition coefficient (Wildman–Crippen LogP) is 0.876. The molecule has 6 heteroatoms. The van der Waals surface area contributed by atoms with Crippen molar-refractivity contribution in [3.63, 3.8) is 0 Å². The Labute approximate surface area is 92.7 Å². The normalized spacial score (nSPS) is 12.9. The third kappa shape index (κ3) is 2.05. The maximum Gasteiger partial charge on any atom is 0.364 e. The molecule has 2 rings (SSSR count). The molecule has 0 spiro atoms. The highest BCUT2D eigenvalue weighted by atomic mass is 16.2. The smallest absolute Gasteiger partial charge is 0.364 e. The van der Waals surface area contributed by atoms with Crippen LogP contribution < -0.4 is 11.0 Å². The summed E-state index contributed by atoms with van der Waals surface area (Å²) in [4.78, 5) is 11.3. The summed E-state index contributed by atoms with van der Waals surface area (Å²) >= 11 is 0. The zero-order valence-electron chi connectivity index (χ0n) is 9.40. The second kappa shape index (κ2) is 4.34. The molecule has 0 radical (unpaired) electrons. The lowest BCUT2D eigenvalue weighted by atomic mass is 10.1. The van der Waals surface area contributed by atoms with Gasteiger partial charge in [0.15, 0.2) is 5.65 Å². The lowest BCUT2D eigenvalue weighted by Gasteiger charge is -2.09. The summed E-state index contributed by atoms with van der Waals surface area (Å²) in [6, 6.07) is 3.57. The first-order chi connectivity index (χ1) is 7.70. The first-order valence-electron chi connectivity index (χ1n) is 5.39. The van der Waals surface area contributed by atoms with Crippen LogP contribution in [0.2, 0.25) is 0 Å². The predicted molar refractivity (Wildman–Crippen MR) is 61.6 cm³/mol. The van der Waals surface area contributed by atoms with Crippen LogP contribution in [-0.4, -0.2) is 26.4 Å². The number of fused-ring (bicyclic) bond motifs is 1. The minimum atomic E-state index is -0.317. The summed E-state index contributed by atoms with van der Waals surface area (Å²) in [5.41, 5.74) is 0.210. The maximum absolute atomic E-state index is 11.3. The quantitative estimate of drug-likeness (QED) is 0.803. The minimum Gasteiger partial charge on any atom is -0.368 e. The van der Waals surface area contributed by atoms with E-state index in [1.54, 1.807) is 6.07 Å². The minimum absolute atomic E-state index is 0.317. The Morgan fingerprint density at radius 3 is 3.12 bits per heavy atom. The first-order valence-corrected chi connectivity index (χ1v) is 5.39. The molecule has 2 aromatic heterocycles. The van der Waals surface area contributed by atoms with Crippen molar-refractivity contribution in [2.45, 2.75) is 20.3 Å². The molecule has 0 bridgehead atoms. The summed E-state index contributed by atoms with van der Waals surface area (Å²) in [6.45, 7) is 5.15. The fraction of sp³-hybridized carbons (Fsp3) is 0.500. The van der Waals surface area contributed by atoms with Gasteiger partial charge in [-0.25, -0.2) is 9.89 Å². The number of nitrogens with zero attached hydrogens (tertiary/aromatic N) is 3. The summed E-state index contributed by atoms with van der Waals surface area (Å²) in [5.74, 6) is 1.27. The van der Waals surface area contributed by atoms with Crippen LogP contribution in [0.25, 0.3) is 5.65 Å². The van der Waals surface area contributed by atoms with E-state index in [-0.39, 0.29) is 5.69 Å². The van der Waals surface area contributed by atoms with E-state index in [1.165, 1.54) is 4.52 Å². The van der Waals surface area contributed by atoms with E-state index in [9.17, 15) is 4.79 Å². The highest BCUT2D eigenvalue weighted by molar-refractivity contribution is 5.42. The van der Waals surface area contributed by atoms with Crippen LogP contribution in [0.4, 0.5) is 5.82 Å². The zero-order valence-corrected chi connectivity index (χ0v) is 9.40. The second-order valence-corrected chi connectivity index (χ2v) is 3.91. The van der Waals surface area contributed by atoms with Gasteiger partial charge in [0.2, 0.25) is 0 Å². The molecule has 1 unspecified atom stereocenters. The lowest BCUT2D eigenvalue weighted by molar-refractivity contribution is 0.591. The second-order valence-electron chi connectivity index (χ2n) is 3.91. The average molecular weight is 221 g/mol. The fourth-order valence-electron chi connectivity index (χ4n) is 1.32. The van der Waals surface area contributed by atoms with Gasteiger partial charge in [0, 0.05) is 6.54 Å². The molecule has 0 saturated carbocycles. The van der Waals surface area contributed by atoms with Crippen molar-refractivity contribution >= 4 is 11.5 Å². The van der Waals surface area contributed by atoms with Gasteiger partial charge in [-0.3, -0.25) is 0 Å². The average Bonchev–Trinajstić information content (AvgIpc) is 2.68. The molecule has 16 heavy (non-hydrogen) atoms.